The van der Waals surface area contributed by atoms with Gasteiger partial charge < -0.3 is 9.84 Å². The van der Waals surface area contributed by atoms with Crippen molar-refractivity contribution in [3.05, 3.63) is 35.9 Å². The number of hydrogen-bond acceptors (Lipinski definition) is 2. The van der Waals surface area contributed by atoms with Crippen LogP contribution in [0.5, 0.6) is 0 Å². The Morgan fingerprint density at radius 2 is 2.00 bits per heavy atom. The Morgan fingerprint density at radius 1 is 1.38 bits per heavy atom. The third-order valence-electron chi connectivity index (χ3n) is 2.61. The summed E-state index contributed by atoms with van der Waals surface area (Å²) in [5.74, 6) is -1.29. The zero-order valence-corrected chi connectivity index (χ0v) is 9.72. The molecule has 0 amide bonds. The molecule has 0 spiro atoms. The van der Waals surface area contributed by atoms with E-state index >= 15 is 0 Å². The summed E-state index contributed by atoms with van der Waals surface area (Å²) in [6.07, 6.45) is 0.250. The van der Waals surface area contributed by atoms with E-state index in [1.54, 1.807) is 0 Å². The Labute approximate surface area is 96.1 Å². The van der Waals surface area contributed by atoms with Gasteiger partial charge >= 0.3 is 5.97 Å². The zero-order valence-electron chi connectivity index (χ0n) is 9.72. The Hall–Kier alpha value is -1.35. The number of hydrogen-bond donors (Lipinski definition) is 1. The maximum Gasteiger partial charge on any atom is 0.309 e. The summed E-state index contributed by atoms with van der Waals surface area (Å²) >= 11 is 0. The lowest BCUT2D eigenvalue weighted by Crippen LogP contribution is -2.30. The van der Waals surface area contributed by atoms with E-state index in [-0.39, 0.29) is 6.10 Å². The Bertz CT molecular complexity index is 321. The van der Waals surface area contributed by atoms with Crippen molar-refractivity contribution < 1.29 is 14.6 Å². The first-order chi connectivity index (χ1) is 7.65. The fourth-order valence-corrected chi connectivity index (χ4v) is 1.70. The van der Waals surface area contributed by atoms with Gasteiger partial charge in [-0.25, -0.2) is 0 Å². The van der Waals surface area contributed by atoms with Crippen molar-refractivity contribution >= 4 is 5.97 Å². The number of carboxylic acids is 1. The molecule has 1 N–H and O–H groups in total. The number of aliphatic carboxylic acids is 1. The van der Waals surface area contributed by atoms with Gasteiger partial charge in [-0.1, -0.05) is 30.3 Å². The van der Waals surface area contributed by atoms with Gasteiger partial charge in [0.25, 0.3) is 0 Å². The van der Waals surface area contributed by atoms with Gasteiger partial charge in [0, 0.05) is 6.61 Å². The van der Waals surface area contributed by atoms with E-state index < -0.39 is 11.9 Å². The predicted octanol–water partition coefficient (Wildman–Crippen LogP) is 2.35. The second-order valence-corrected chi connectivity index (χ2v) is 3.79. The molecule has 88 valence electrons. The van der Waals surface area contributed by atoms with E-state index in [0.29, 0.717) is 13.0 Å². The standard InChI is InChI=1S/C13H18O3/c1-3-16-10(2)12(13(14)15)9-11-7-5-4-6-8-11/h4-8,10,12H,3,9H2,1-2H3,(H,14,15). The smallest absolute Gasteiger partial charge is 0.309 e. The molecule has 2 atom stereocenters. The van der Waals surface area contributed by atoms with Crippen molar-refractivity contribution in [2.45, 2.75) is 26.4 Å². The van der Waals surface area contributed by atoms with Crippen LogP contribution in [0.25, 0.3) is 0 Å². The molecule has 1 rings (SSSR count). The molecule has 0 bridgehead atoms. The van der Waals surface area contributed by atoms with E-state index in [4.69, 9.17) is 9.84 Å². The van der Waals surface area contributed by atoms with Crippen molar-refractivity contribution in [1.82, 2.24) is 0 Å². The predicted molar refractivity (Wildman–Crippen MR) is 62.4 cm³/mol. The van der Waals surface area contributed by atoms with Crippen molar-refractivity contribution in [2.75, 3.05) is 6.61 Å². The number of carboxylic acid groups (broad SMARTS) is 1. The molecule has 0 fully saturated rings. The van der Waals surface area contributed by atoms with Crippen molar-refractivity contribution in [1.29, 1.82) is 0 Å². The lowest BCUT2D eigenvalue weighted by atomic mass is 9.95. The molecule has 1 aromatic carbocycles. The average molecular weight is 222 g/mol. The molecule has 0 saturated carbocycles. The molecular weight excluding hydrogens is 204 g/mol. The minimum atomic E-state index is -0.801. The van der Waals surface area contributed by atoms with Gasteiger partial charge in [-0.05, 0) is 25.8 Å². The number of rotatable bonds is 6. The van der Waals surface area contributed by atoms with Crippen LogP contribution in [-0.4, -0.2) is 23.8 Å². The van der Waals surface area contributed by atoms with E-state index in [1.807, 2.05) is 44.2 Å². The third-order valence-corrected chi connectivity index (χ3v) is 2.61. The lowest BCUT2D eigenvalue weighted by molar-refractivity contribution is -0.146. The van der Waals surface area contributed by atoms with E-state index in [0.717, 1.165) is 5.56 Å². The molecule has 0 aliphatic rings. The maximum absolute atomic E-state index is 11.1. The highest BCUT2D eigenvalue weighted by Crippen LogP contribution is 2.15. The molecule has 0 radical (unpaired) electrons. The largest absolute Gasteiger partial charge is 0.481 e. The molecule has 3 nitrogen and oxygen atoms in total. The van der Waals surface area contributed by atoms with Gasteiger partial charge in [-0.15, -0.1) is 0 Å². The second kappa shape index (κ2) is 6.28. The van der Waals surface area contributed by atoms with Gasteiger partial charge in [0.15, 0.2) is 0 Å². The minimum absolute atomic E-state index is 0.261. The topological polar surface area (TPSA) is 46.5 Å². The van der Waals surface area contributed by atoms with Crippen LogP contribution in [0.1, 0.15) is 19.4 Å². The van der Waals surface area contributed by atoms with Crippen molar-refractivity contribution in [2.24, 2.45) is 5.92 Å². The zero-order chi connectivity index (χ0) is 12.0. The molecular formula is C13H18O3. The number of carbonyl (C=O) groups is 1. The first kappa shape index (κ1) is 12.7. The molecule has 0 aliphatic heterocycles. The van der Waals surface area contributed by atoms with Gasteiger partial charge in [0.05, 0.1) is 12.0 Å². The minimum Gasteiger partial charge on any atom is -0.481 e. The van der Waals surface area contributed by atoms with Crippen LogP contribution in [0, 0.1) is 5.92 Å². The van der Waals surface area contributed by atoms with Crippen LogP contribution in [0.2, 0.25) is 0 Å². The second-order valence-electron chi connectivity index (χ2n) is 3.79. The summed E-state index contributed by atoms with van der Waals surface area (Å²) in [6.45, 7) is 4.23. The number of benzene rings is 1. The maximum atomic E-state index is 11.1. The lowest BCUT2D eigenvalue weighted by Gasteiger charge is -2.20. The third kappa shape index (κ3) is 3.66. The molecule has 0 saturated heterocycles. The monoisotopic (exact) mass is 222 g/mol. The molecule has 1 aromatic rings. The Kier molecular flexibility index (Phi) is 4.99. The molecule has 0 heterocycles. The Morgan fingerprint density at radius 3 is 2.50 bits per heavy atom. The molecule has 3 heteroatoms. The van der Waals surface area contributed by atoms with Gasteiger partial charge in [0.1, 0.15) is 0 Å². The van der Waals surface area contributed by atoms with Crippen molar-refractivity contribution in [3.8, 4) is 0 Å². The highest BCUT2D eigenvalue weighted by atomic mass is 16.5. The Balaban J connectivity index is 2.69. The highest BCUT2D eigenvalue weighted by molar-refractivity contribution is 5.71. The summed E-state index contributed by atoms with van der Waals surface area (Å²) in [4.78, 5) is 11.1. The van der Waals surface area contributed by atoms with Crippen LogP contribution in [0.15, 0.2) is 30.3 Å². The summed E-state index contributed by atoms with van der Waals surface area (Å²) in [5, 5.41) is 9.15. The van der Waals surface area contributed by atoms with E-state index in [2.05, 4.69) is 0 Å². The summed E-state index contributed by atoms with van der Waals surface area (Å²) in [5.41, 5.74) is 1.03. The SMILES string of the molecule is CCOC(C)C(Cc1ccccc1)C(=O)O. The first-order valence-electron chi connectivity index (χ1n) is 5.53. The van der Waals surface area contributed by atoms with Gasteiger partial charge in [0.2, 0.25) is 0 Å². The average Bonchev–Trinajstić information content (AvgIpc) is 2.27. The van der Waals surface area contributed by atoms with Crippen LogP contribution in [0.4, 0.5) is 0 Å². The molecule has 16 heavy (non-hydrogen) atoms. The van der Waals surface area contributed by atoms with Crippen LogP contribution in [-0.2, 0) is 16.0 Å². The fourth-order valence-electron chi connectivity index (χ4n) is 1.70. The van der Waals surface area contributed by atoms with Crippen LogP contribution in [0.3, 0.4) is 0 Å². The highest BCUT2D eigenvalue weighted by Gasteiger charge is 2.25. The first-order valence-corrected chi connectivity index (χ1v) is 5.53. The van der Waals surface area contributed by atoms with E-state index in [1.165, 1.54) is 0 Å². The normalized spacial score (nSPS) is 14.4. The van der Waals surface area contributed by atoms with Gasteiger partial charge in [-0.3, -0.25) is 4.79 Å². The molecule has 0 aliphatic carbocycles. The number of ether oxygens (including phenoxy) is 1. The summed E-state index contributed by atoms with van der Waals surface area (Å²) in [6, 6.07) is 9.63. The van der Waals surface area contributed by atoms with Crippen LogP contribution < -0.4 is 0 Å². The fraction of sp³-hybridized carbons (Fsp3) is 0.462. The molecule has 0 aromatic heterocycles. The van der Waals surface area contributed by atoms with E-state index in [9.17, 15) is 4.79 Å². The summed E-state index contributed by atoms with van der Waals surface area (Å²) < 4.78 is 5.36. The summed E-state index contributed by atoms with van der Waals surface area (Å²) in [7, 11) is 0. The molecule has 2 unspecified atom stereocenters. The quantitative estimate of drug-likeness (QED) is 0.803. The van der Waals surface area contributed by atoms with Crippen molar-refractivity contribution in [3.63, 3.8) is 0 Å². The van der Waals surface area contributed by atoms with Crippen LogP contribution >= 0.6 is 0 Å². The van der Waals surface area contributed by atoms with Gasteiger partial charge in [-0.2, -0.15) is 0 Å².